The maximum absolute atomic E-state index is 12.5. The van der Waals surface area contributed by atoms with Crippen molar-refractivity contribution in [3.05, 3.63) is 0 Å². The second-order valence-electron chi connectivity index (χ2n) is 8.20. The summed E-state index contributed by atoms with van der Waals surface area (Å²) in [5.41, 5.74) is -2.44. The van der Waals surface area contributed by atoms with Crippen LogP contribution in [0.5, 0.6) is 0 Å². The number of carbonyl (C=O) groups is 3. The van der Waals surface area contributed by atoms with Crippen molar-refractivity contribution >= 4 is 18.2 Å². The lowest BCUT2D eigenvalue weighted by Crippen LogP contribution is -2.57. The van der Waals surface area contributed by atoms with Gasteiger partial charge < -0.3 is 30.2 Å². The van der Waals surface area contributed by atoms with Gasteiger partial charge in [-0.15, -0.1) is 0 Å². The van der Waals surface area contributed by atoms with Crippen molar-refractivity contribution in [3.8, 4) is 0 Å². The van der Waals surface area contributed by atoms with Crippen LogP contribution in [0.2, 0.25) is 0 Å². The number of alkyl carbamates (subject to hydrolysis) is 2. The zero-order valence-electron chi connectivity index (χ0n) is 16.5. The van der Waals surface area contributed by atoms with E-state index in [0.29, 0.717) is 13.0 Å². The standard InChI is InChI=1S/C17H31N3O6/c1-15(2,3)25-13(22)19-9-10-24-12(21)17(7-8-18-11-17)20-14(23)26-16(4,5)6/h18H,7-11H2,1-6H3,(H,19,22)(H,20,23). The van der Waals surface area contributed by atoms with Gasteiger partial charge in [0.25, 0.3) is 0 Å². The Morgan fingerprint density at radius 3 is 2.08 bits per heavy atom. The first kappa shape index (κ1) is 22.0. The van der Waals surface area contributed by atoms with E-state index in [1.54, 1.807) is 41.5 Å². The molecule has 0 aromatic rings. The van der Waals surface area contributed by atoms with Gasteiger partial charge in [-0.1, -0.05) is 0 Å². The first-order valence-corrected chi connectivity index (χ1v) is 8.69. The molecule has 1 unspecified atom stereocenters. The molecule has 1 saturated heterocycles. The molecule has 0 radical (unpaired) electrons. The quantitative estimate of drug-likeness (QED) is 0.378. The molecule has 0 spiro atoms. The molecule has 150 valence electrons. The van der Waals surface area contributed by atoms with Crippen LogP contribution in [0.1, 0.15) is 48.0 Å². The van der Waals surface area contributed by atoms with Crippen molar-refractivity contribution in [1.29, 1.82) is 0 Å². The van der Waals surface area contributed by atoms with E-state index in [9.17, 15) is 14.4 Å². The first-order chi connectivity index (χ1) is 11.8. The SMILES string of the molecule is CC(C)(C)OC(=O)NCCOC(=O)C1(NC(=O)OC(C)(C)C)CCNC1. The lowest BCUT2D eigenvalue weighted by atomic mass is 9.99. The molecular formula is C17H31N3O6. The molecule has 1 fully saturated rings. The Hall–Kier alpha value is -2.03. The molecule has 1 aliphatic heterocycles. The molecule has 0 aliphatic carbocycles. The molecular weight excluding hydrogens is 342 g/mol. The summed E-state index contributed by atoms with van der Waals surface area (Å²) in [6, 6.07) is 0. The summed E-state index contributed by atoms with van der Waals surface area (Å²) < 4.78 is 15.5. The number of nitrogens with one attached hydrogen (secondary N) is 3. The van der Waals surface area contributed by atoms with Crippen molar-refractivity contribution < 1.29 is 28.6 Å². The lowest BCUT2D eigenvalue weighted by Gasteiger charge is -2.29. The number of hydrogen-bond acceptors (Lipinski definition) is 7. The van der Waals surface area contributed by atoms with Crippen LogP contribution in [0.15, 0.2) is 0 Å². The highest BCUT2D eigenvalue weighted by atomic mass is 16.6. The van der Waals surface area contributed by atoms with E-state index in [1.807, 2.05) is 0 Å². The molecule has 3 N–H and O–H groups in total. The van der Waals surface area contributed by atoms with Gasteiger partial charge in [0, 0.05) is 6.54 Å². The molecule has 1 atom stereocenters. The number of amides is 2. The monoisotopic (exact) mass is 373 g/mol. The minimum Gasteiger partial charge on any atom is -0.462 e. The number of rotatable bonds is 5. The summed E-state index contributed by atoms with van der Waals surface area (Å²) in [6.07, 6.45) is -0.868. The Labute approximate surface area is 154 Å². The highest BCUT2D eigenvalue weighted by Gasteiger charge is 2.45. The molecule has 1 aliphatic rings. The minimum absolute atomic E-state index is 0.0319. The Balaban J connectivity index is 2.48. The maximum atomic E-state index is 12.5. The molecule has 9 nitrogen and oxygen atoms in total. The van der Waals surface area contributed by atoms with E-state index in [0.717, 1.165) is 0 Å². The second kappa shape index (κ2) is 8.57. The molecule has 0 aromatic carbocycles. The maximum Gasteiger partial charge on any atom is 0.408 e. The Kier molecular flexibility index (Phi) is 7.25. The van der Waals surface area contributed by atoms with Crippen LogP contribution in [0, 0.1) is 0 Å². The molecule has 0 bridgehead atoms. The van der Waals surface area contributed by atoms with E-state index in [1.165, 1.54) is 0 Å². The van der Waals surface area contributed by atoms with Crippen LogP contribution in [0.3, 0.4) is 0 Å². The van der Waals surface area contributed by atoms with Gasteiger partial charge in [0.05, 0.1) is 6.54 Å². The third-order valence-electron chi connectivity index (χ3n) is 3.29. The number of carbonyl (C=O) groups excluding carboxylic acids is 3. The van der Waals surface area contributed by atoms with Crippen LogP contribution in [0.25, 0.3) is 0 Å². The summed E-state index contributed by atoms with van der Waals surface area (Å²) >= 11 is 0. The van der Waals surface area contributed by atoms with Gasteiger partial charge in [0.15, 0.2) is 5.54 Å². The van der Waals surface area contributed by atoms with Gasteiger partial charge in [0.2, 0.25) is 0 Å². The fourth-order valence-corrected chi connectivity index (χ4v) is 2.27. The van der Waals surface area contributed by atoms with Gasteiger partial charge >= 0.3 is 18.2 Å². The van der Waals surface area contributed by atoms with E-state index in [-0.39, 0.29) is 19.7 Å². The van der Waals surface area contributed by atoms with Crippen LogP contribution >= 0.6 is 0 Å². The highest BCUT2D eigenvalue weighted by Crippen LogP contribution is 2.18. The van der Waals surface area contributed by atoms with Crippen LogP contribution in [0.4, 0.5) is 9.59 Å². The largest absolute Gasteiger partial charge is 0.462 e. The van der Waals surface area contributed by atoms with E-state index in [4.69, 9.17) is 14.2 Å². The minimum atomic E-state index is -1.17. The molecule has 1 rings (SSSR count). The van der Waals surface area contributed by atoms with Crippen LogP contribution < -0.4 is 16.0 Å². The summed E-state index contributed by atoms with van der Waals surface area (Å²) in [5, 5.41) is 8.16. The second-order valence-corrected chi connectivity index (χ2v) is 8.20. The summed E-state index contributed by atoms with van der Waals surface area (Å²) in [4.78, 5) is 36.0. The van der Waals surface area contributed by atoms with Crippen molar-refractivity contribution in [2.24, 2.45) is 0 Å². The smallest absolute Gasteiger partial charge is 0.408 e. The third kappa shape index (κ3) is 7.90. The average Bonchev–Trinajstić information content (AvgIpc) is 2.88. The molecule has 26 heavy (non-hydrogen) atoms. The summed E-state index contributed by atoms with van der Waals surface area (Å²) in [5.74, 6) is -0.570. The van der Waals surface area contributed by atoms with Gasteiger partial charge in [0.1, 0.15) is 17.8 Å². The molecule has 2 amide bonds. The molecule has 0 saturated carbocycles. The van der Waals surface area contributed by atoms with Crippen molar-refractivity contribution in [3.63, 3.8) is 0 Å². The molecule has 1 heterocycles. The number of ether oxygens (including phenoxy) is 3. The third-order valence-corrected chi connectivity index (χ3v) is 3.29. The lowest BCUT2D eigenvalue weighted by molar-refractivity contribution is -0.150. The van der Waals surface area contributed by atoms with Gasteiger partial charge in [-0.25, -0.2) is 14.4 Å². The molecule has 0 aromatic heterocycles. The van der Waals surface area contributed by atoms with Gasteiger partial charge in [-0.3, -0.25) is 0 Å². The summed E-state index contributed by atoms with van der Waals surface area (Å²) in [7, 11) is 0. The fraction of sp³-hybridized carbons (Fsp3) is 0.824. The van der Waals surface area contributed by atoms with Crippen molar-refractivity contribution in [1.82, 2.24) is 16.0 Å². The number of hydrogen-bond donors (Lipinski definition) is 3. The van der Waals surface area contributed by atoms with Crippen LogP contribution in [-0.4, -0.2) is 61.1 Å². The average molecular weight is 373 g/mol. The van der Waals surface area contributed by atoms with E-state index < -0.39 is 34.9 Å². The Morgan fingerprint density at radius 2 is 1.58 bits per heavy atom. The van der Waals surface area contributed by atoms with Gasteiger partial charge in [-0.2, -0.15) is 0 Å². The topological polar surface area (TPSA) is 115 Å². The normalized spacial score (nSPS) is 20.2. The fourth-order valence-electron chi connectivity index (χ4n) is 2.27. The Morgan fingerprint density at radius 1 is 1.00 bits per heavy atom. The summed E-state index contributed by atoms with van der Waals surface area (Å²) in [6.45, 7) is 11.4. The predicted octanol–water partition coefficient (Wildman–Crippen LogP) is 1.31. The van der Waals surface area contributed by atoms with E-state index >= 15 is 0 Å². The zero-order valence-corrected chi connectivity index (χ0v) is 16.5. The predicted molar refractivity (Wildman–Crippen MR) is 94.8 cm³/mol. The Bertz CT molecular complexity index is 516. The van der Waals surface area contributed by atoms with Gasteiger partial charge in [-0.05, 0) is 54.5 Å². The van der Waals surface area contributed by atoms with Crippen molar-refractivity contribution in [2.45, 2.75) is 64.7 Å². The molecule has 9 heteroatoms. The van der Waals surface area contributed by atoms with Crippen LogP contribution in [-0.2, 0) is 19.0 Å². The number of esters is 1. The van der Waals surface area contributed by atoms with Crippen molar-refractivity contribution in [2.75, 3.05) is 26.2 Å². The highest BCUT2D eigenvalue weighted by molar-refractivity contribution is 5.86. The first-order valence-electron chi connectivity index (χ1n) is 8.69. The zero-order chi connectivity index (χ0) is 20.0. The van der Waals surface area contributed by atoms with E-state index in [2.05, 4.69) is 16.0 Å².